The van der Waals surface area contributed by atoms with Crippen molar-refractivity contribution in [1.29, 1.82) is 0 Å². The standard InChI is InChI=1S/C13H17F2N/c1-9(2)6-7-11(16)8-10-4-3-5-12(14)13(10)15/h3-5,11H,1,6-8,16H2,2H3. The molecule has 2 N–H and O–H groups in total. The summed E-state index contributed by atoms with van der Waals surface area (Å²) in [5.41, 5.74) is 7.24. The second-order valence-electron chi connectivity index (χ2n) is 4.17. The molecular formula is C13H17F2N. The summed E-state index contributed by atoms with van der Waals surface area (Å²) in [6.07, 6.45) is 1.92. The number of rotatable bonds is 5. The smallest absolute Gasteiger partial charge is 0.162 e. The van der Waals surface area contributed by atoms with Crippen LogP contribution in [0.3, 0.4) is 0 Å². The summed E-state index contributed by atoms with van der Waals surface area (Å²) in [6, 6.07) is 4.02. The highest BCUT2D eigenvalue weighted by atomic mass is 19.2. The van der Waals surface area contributed by atoms with Crippen LogP contribution in [0.15, 0.2) is 30.4 Å². The number of allylic oxidation sites excluding steroid dienone is 1. The molecule has 1 aromatic rings. The van der Waals surface area contributed by atoms with E-state index in [4.69, 9.17) is 5.73 Å². The summed E-state index contributed by atoms with van der Waals surface area (Å²) in [5, 5.41) is 0. The quantitative estimate of drug-likeness (QED) is 0.765. The normalized spacial score (nSPS) is 12.5. The van der Waals surface area contributed by atoms with Gasteiger partial charge >= 0.3 is 0 Å². The molecule has 3 heteroatoms. The molecule has 0 fully saturated rings. The van der Waals surface area contributed by atoms with E-state index in [1.807, 2.05) is 6.92 Å². The van der Waals surface area contributed by atoms with Gasteiger partial charge in [0, 0.05) is 6.04 Å². The minimum atomic E-state index is -0.815. The number of nitrogens with two attached hydrogens (primary N) is 1. The maximum absolute atomic E-state index is 13.3. The van der Waals surface area contributed by atoms with Crippen molar-refractivity contribution >= 4 is 0 Å². The second kappa shape index (κ2) is 5.75. The lowest BCUT2D eigenvalue weighted by molar-refractivity contribution is 0.490. The van der Waals surface area contributed by atoms with Crippen LogP contribution in [0.2, 0.25) is 0 Å². The molecule has 0 aliphatic carbocycles. The van der Waals surface area contributed by atoms with Crippen molar-refractivity contribution in [2.45, 2.75) is 32.2 Å². The Kier molecular flexibility index (Phi) is 4.62. The average Bonchev–Trinajstić information content (AvgIpc) is 2.22. The van der Waals surface area contributed by atoms with E-state index >= 15 is 0 Å². The topological polar surface area (TPSA) is 26.0 Å². The Morgan fingerprint density at radius 2 is 2.12 bits per heavy atom. The second-order valence-corrected chi connectivity index (χ2v) is 4.17. The maximum Gasteiger partial charge on any atom is 0.162 e. The lowest BCUT2D eigenvalue weighted by Gasteiger charge is -2.12. The van der Waals surface area contributed by atoms with Crippen molar-refractivity contribution in [2.24, 2.45) is 5.73 Å². The van der Waals surface area contributed by atoms with Gasteiger partial charge in [-0.15, -0.1) is 6.58 Å². The summed E-state index contributed by atoms with van der Waals surface area (Å²) < 4.78 is 26.2. The number of halogens is 2. The van der Waals surface area contributed by atoms with E-state index in [1.165, 1.54) is 6.07 Å². The molecule has 0 saturated carbocycles. The van der Waals surface area contributed by atoms with E-state index in [0.717, 1.165) is 24.5 Å². The van der Waals surface area contributed by atoms with Gasteiger partial charge in [0.2, 0.25) is 0 Å². The predicted octanol–water partition coefficient (Wildman–Crippen LogP) is 3.19. The number of benzene rings is 1. The van der Waals surface area contributed by atoms with Gasteiger partial charge in [-0.05, 0) is 37.8 Å². The zero-order valence-electron chi connectivity index (χ0n) is 9.47. The first-order valence-corrected chi connectivity index (χ1v) is 5.33. The van der Waals surface area contributed by atoms with Crippen LogP contribution < -0.4 is 5.73 Å². The fourth-order valence-corrected chi connectivity index (χ4v) is 1.52. The molecule has 0 heterocycles. The summed E-state index contributed by atoms with van der Waals surface area (Å²) in [5.74, 6) is -1.60. The van der Waals surface area contributed by atoms with Gasteiger partial charge in [-0.25, -0.2) is 8.78 Å². The largest absolute Gasteiger partial charge is 0.327 e. The third-order valence-corrected chi connectivity index (χ3v) is 2.46. The molecule has 0 radical (unpaired) electrons. The Morgan fingerprint density at radius 3 is 2.75 bits per heavy atom. The molecule has 0 amide bonds. The highest BCUT2D eigenvalue weighted by molar-refractivity contribution is 5.19. The Balaban J connectivity index is 2.59. The van der Waals surface area contributed by atoms with Gasteiger partial charge in [-0.1, -0.05) is 17.7 Å². The molecule has 1 nitrogen and oxygen atoms in total. The number of hydrogen-bond donors (Lipinski definition) is 1. The molecule has 16 heavy (non-hydrogen) atoms. The third kappa shape index (κ3) is 3.74. The molecule has 0 aliphatic rings. The zero-order chi connectivity index (χ0) is 12.1. The van der Waals surface area contributed by atoms with Crippen molar-refractivity contribution in [3.63, 3.8) is 0 Å². The average molecular weight is 225 g/mol. The van der Waals surface area contributed by atoms with Crippen LogP contribution in [-0.2, 0) is 6.42 Å². The predicted molar refractivity (Wildman–Crippen MR) is 62.1 cm³/mol. The fraction of sp³-hybridized carbons (Fsp3) is 0.385. The van der Waals surface area contributed by atoms with Gasteiger partial charge in [0.15, 0.2) is 11.6 Å². The molecule has 0 spiro atoms. The van der Waals surface area contributed by atoms with Crippen molar-refractivity contribution in [1.82, 2.24) is 0 Å². The van der Waals surface area contributed by atoms with Crippen molar-refractivity contribution in [2.75, 3.05) is 0 Å². The summed E-state index contributed by atoms with van der Waals surface area (Å²) in [6.45, 7) is 5.70. The van der Waals surface area contributed by atoms with E-state index in [-0.39, 0.29) is 6.04 Å². The highest BCUT2D eigenvalue weighted by Gasteiger charge is 2.11. The lowest BCUT2D eigenvalue weighted by atomic mass is 10.0. The molecule has 0 saturated heterocycles. The van der Waals surface area contributed by atoms with E-state index in [9.17, 15) is 8.78 Å². The monoisotopic (exact) mass is 225 g/mol. The van der Waals surface area contributed by atoms with Crippen molar-refractivity contribution in [3.05, 3.63) is 47.5 Å². The molecular weight excluding hydrogens is 208 g/mol. The first kappa shape index (κ1) is 12.8. The Bertz CT molecular complexity index is 374. The van der Waals surface area contributed by atoms with Gasteiger partial charge in [-0.2, -0.15) is 0 Å². The summed E-state index contributed by atoms with van der Waals surface area (Å²) >= 11 is 0. The maximum atomic E-state index is 13.3. The van der Waals surface area contributed by atoms with Gasteiger partial charge in [0.25, 0.3) is 0 Å². The minimum Gasteiger partial charge on any atom is -0.327 e. The van der Waals surface area contributed by atoms with Crippen LogP contribution in [-0.4, -0.2) is 6.04 Å². The van der Waals surface area contributed by atoms with E-state index in [2.05, 4.69) is 6.58 Å². The highest BCUT2D eigenvalue weighted by Crippen LogP contribution is 2.15. The zero-order valence-corrected chi connectivity index (χ0v) is 9.47. The fourth-order valence-electron chi connectivity index (χ4n) is 1.52. The van der Waals surface area contributed by atoms with Gasteiger partial charge in [-0.3, -0.25) is 0 Å². The number of hydrogen-bond acceptors (Lipinski definition) is 1. The van der Waals surface area contributed by atoms with Crippen molar-refractivity contribution < 1.29 is 8.78 Å². The molecule has 0 aliphatic heterocycles. The Hall–Kier alpha value is -1.22. The van der Waals surface area contributed by atoms with Crippen LogP contribution in [0, 0.1) is 11.6 Å². The SMILES string of the molecule is C=C(C)CCC(N)Cc1cccc(F)c1F. The lowest BCUT2D eigenvalue weighted by Crippen LogP contribution is -2.23. The third-order valence-electron chi connectivity index (χ3n) is 2.46. The van der Waals surface area contributed by atoms with Crippen LogP contribution in [0.5, 0.6) is 0 Å². The molecule has 1 rings (SSSR count). The van der Waals surface area contributed by atoms with Gasteiger partial charge in [0.1, 0.15) is 0 Å². The minimum absolute atomic E-state index is 0.159. The molecule has 1 aromatic carbocycles. The van der Waals surface area contributed by atoms with E-state index < -0.39 is 11.6 Å². The molecule has 88 valence electrons. The Morgan fingerprint density at radius 1 is 1.44 bits per heavy atom. The van der Waals surface area contributed by atoms with Crippen LogP contribution in [0.1, 0.15) is 25.3 Å². The van der Waals surface area contributed by atoms with Crippen LogP contribution in [0.4, 0.5) is 8.78 Å². The first-order chi connectivity index (χ1) is 7.50. The van der Waals surface area contributed by atoms with Crippen LogP contribution >= 0.6 is 0 Å². The molecule has 0 bridgehead atoms. The summed E-state index contributed by atoms with van der Waals surface area (Å²) in [7, 11) is 0. The molecule has 1 atom stereocenters. The van der Waals surface area contributed by atoms with Crippen LogP contribution in [0.25, 0.3) is 0 Å². The van der Waals surface area contributed by atoms with Gasteiger partial charge < -0.3 is 5.73 Å². The molecule has 1 unspecified atom stereocenters. The first-order valence-electron chi connectivity index (χ1n) is 5.33. The van der Waals surface area contributed by atoms with E-state index in [0.29, 0.717) is 12.0 Å². The molecule has 0 aromatic heterocycles. The Labute approximate surface area is 95.0 Å². The van der Waals surface area contributed by atoms with E-state index in [1.54, 1.807) is 6.07 Å². The summed E-state index contributed by atoms with van der Waals surface area (Å²) in [4.78, 5) is 0. The van der Waals surface area contributed by atoms with Gasteiger partial charge in [0.05, 0.1) is 0 Å². The van der Waals surface area contributed by atoms with Crippen molar-refractivity contribution in [3.8, 4) is 0 Å².